The first kappa shape index (κ1) is 16.1. The minimum atomic E-state index is 0. The molecule has 60 valence electrons. The van der Waals surface area contributed by atoms with Gasteiger partial charge in [0.05, 0.1) is 0 Å². The molecular formula is C6H18ClNO. The quantitative estimate of drug-likeness (QED) is 0.634. The molecular weight excluding hydrogens is 138 g/mol. The summed E-state index contributed by atoms with van der Waals surface area (Å²) < 4.78 is 5.13. The van der Waals surface area contributed by atoms with Gasteiger partial charge in [-0.25, -0.2) is 0 Å². The Balaban J connectivity index is -0.000000180. The molecule has 0 saturated carbocycles. The Hall–Kier alpha value is 0.210. The lowest BCUT2D eigenvalue weighted by atomic mass is 10.5. The smallest absolute Gasteiger partial charge is 0.0463 e. The third-order valence-corrected chi connectivity index (χ3v) is 0.697. The Morgan fingerprint density at radius 2 is 1.33 bits per heavy atom. The van der Waals surface area contributed by atoms with Gasteiger partial charge in [-0.1, -0.05) is 13.8 Å². The van der Waals surface area contributed by atoms with Crippen LogP contribution in [-0.4, -0.2) is 13.2 Å². The first-order chi connectivity index (χ1) is 3.41. The maximum Gasteiger partial charge on any atom is 0.0463 e. The zero-order valence-electron chi connectivity index (χ0n) is 6.35. The lowest BCUT2D eigenvalue weighted by Crippen LogP contribution is -1.92. The van der Waals surface area contributed by atoms with Crippen LogP contribution >= 0.6 is 12.4 Å². The Bertz CT molecular complexity index is 32.2. The summed E-state index contributed by atoms with van der Waals surface area (Å²) in [6.45, 7) is 6.09. The Morgan fingerprint density at radius 1 is 1.00 bits per heavy atom. The van der Waals surface area contributed by atoms with E-state index in [9.17, 15) is 0 Å². The van der Waals surface area contributed by atoms with Crippen LogP contribution in [0.5, 0.6) is 0 Å². The number of rotatable bonds is 4. The van der Waals surface area contributed by atoms with Crippen LogP contribution in [0.1, 0.15) is 26.7 Å². The standard InChI is InChI=1S/C6H14O.ClH.H3N/c1-3-5-7-6-4-2;;/h3-6H2,1-2H3;1H;1H3. The molecule has 0 amide bonds. The number of ether oxygens (including phenoxy) is 1. The minimum Gasteiger partial charge on any atom is -0.381 e. The second kappa shape index (κ2) is 15.7. The van der Waals surface area contributed by atoms with Crippen molar-refractivity contribution >= 4 is 12.4 Å². The molecule has 0 aromatic heterocycles. The summed E-state index contributed by atoms with van der Waals surface area (Å²) in [6.07, 6.45) is 2.28. The zero-order valence-corrected chi connectivity index (χ0v) is 7.17. The van der Waals surface area contributed by atoms with E-state index in [2.05, 4.69) is 13.8 Å². The topological polar surface area (TPSA) is 44.2 Å². The fourth-order valence-corrected chi connectivity index (χ4v) is 0.391. The maximum atomic E-state index is 5.13. The van der Waals surface area contributed by atoms with Gasteiger partial charge in [0.15, 0.2) is 0 Å². The maximum absolute atomic E-state index is 5.13. The third kappa shape index (κ3) is 17.9. The second-order valence-electron chi connectivity index (χ2n) is 1.61. The molecule has 3 N–H and O–H groups in total. The van der Waals surface area contributed by atoms with Gasteiger partial charge in [0.25, 0.3) is 0 Å². The lowest BCUT2D eigenvalue weighted by molar-refractivity contribution is 0.135. The molecule has 0 fully saturated rings. The molecule has 0 unspecified atom stereocenters. The van der Waals surface area contributed by atoms with Crippen molar-refractivity contribution in [3.8, 4) is 0 Å². The van der Waals surface area contributed by atoms with Gasteiger partial charge in [-0.2, -0.15) is 0 Å². The first-order valence-electron chi connectivity index (χ1n) is 2.99. The van der Waals surface area contributed by atoms with Gasteiger partial charge >= 0.3 is 0 Å². The molecule has 0 radical (unpaired) electrons. The van der Waals surface area contributed by atoms with E-state index in [0.29, 0.717) is 0 Å². The van der Waals surface area contributed by atoms with Crippen molar-refractivity contribution in [1.82, 2.24) is 6.15 Å². The van der Waals surface area contributed by atoms with Crippen LogP contribution in [-0.2, 0) is 4.74 Å². The Morgan fingerprint density at radius 3 is 1.56 bits per heavy atom. The third-order valence-electron chi connectivity index (χ3n) is 0.697. The fraction of sp³-hybridized carbons (Fsp3) is 1.00. The fourth-order valence-electron chi connectivity index (χ4n) is 0.391. The van der Waals surface area contributed by atoms with Crippen LogP contribution in [0.15, 0.2) is 0 Å². The molecule has 0 aliphatic heterocycles. The predicted molar refractivity (Wildman–Crippen MR) is 43.7 cm³/mol. The summed E-state index contributed by atoms with van der Waals surface area (Å²) in [7, 11) is 0. The van der Waals surface area contributed by atoms with Crippen molar-refractivity contribution < 1.29 is 4.74 Å². The van der Waals surface area contributed by atoms with E-state index >= 15 is 0 Å². The molecule has 3 heteroatoms. The van der Waals surface area contributed by atoms with Crippen molar-refractivity contribution in [3.05, 3.63) is 0 Å². The van der Waals surface area contributed by atoms with Crippen LogP contribution in [0.3, 0.4) is 0 Å². The van der Waals surface area contributed by atoms with E-state index in [0.717, 1.165) is 26.1 Å². The second-order valence-corrected chi connectivity index (χ2v) is 1.61. The van der Waals surface area contributed by atoms with Crippen LogP contribution in [0.2, 0.25) is 0 Å². The first-order valence-corrected chi connectivity index (χ1v) is 2.99. The van der Waals surface area contributed by atoms with Crippen LogP contribution in [0, 0.1) is 0 Å². The molecule has 0 bridgehead atoms. The average Bonchev–Trinajstić information content (AvgIpc) is 1.69. The molecule has 0 heterocycles. The van der Waals surface area contributed by atoms with Gasteiger partial charge in [-0.15, -0.1) is 12.4 Å². The van der Waals surface area contributed by atoms with Crippen molar-refractivity contribution in [1.29, 1.82) is 0 Å². The lowest BCUT2D eigenvalue weighted by Gasteiger charge is -1.95. The number of halogens is 1. The van der Waals surface area contributed by atoms with E-state index in [-0.39, 0.29) is 18.6 Å². The molecule has 0 aliphatic rings. The van der Waals surface area contributed by atoms with Gasteiger partial charge in [-0.05, 0) is 12.8 Å². The summed E-state index contributed by atoms with van der Waals surface area (Å²) in [4.78, 5) is 0. The van der Waals surface area contributed by atoms with E-state index in [1.54, 1.807) is 0 Å². The van der Waals surface area contributed by atoms with Crippen molar-refractivity contribution in [2.24, 2.45) is 0 Å². The average molecular weight is 156 g/mol. The van der Waals surface area contributed by atoms with Gasteiger partial charge in [0.2, 0.25) is 0 Å². The monoisotopic (exact) mass is 155 g/mol. The minimum absolute atomic E-state index is 0. The Labute approximate surface area is 64.0 Å². The van der Waals surface area contributed by atoms with Crippen molar-refractivity contribution in [3.63, 3.8) is 0 Å². The largest absolute Gasteiger partial charge is 0.381 e. The molecule has 0 aromatic carbocycles. The highest BCUT2D eigenvalue weighted by atomic mass is 35.5. The van der Waals surface area contributed by atoms with Crippen molar-refractivity contribution in [2.45, 2.75) is 26.7 Å². The van der Waals surface area contributed by atoms with Gasteiger partial charge in [0, 0.05) is 13.2 Å². The van der Waals surface area contributed by atoms with E-state index in [1.165, 1.54) is 0 Å². The summed E-state index contributed by atoms with van der Waals surface area (Å²) in [5.74, 6) is 0. The number of hydrogen-bond donors (Lipinski definition) is 1. The molecule has 0 aliphatic carbocycles. The molecule has 0 aromatic rings. The van der Waals surface area contributed by atoms with E-state index < -0.39 is 0 Å². The van der Waals surface area contributed by atoms with Crippen LogP contribution in [0.25, 0.3) is 0 Å². The summed E-state index contributed by atoms with van der Waals surface area (Å²) in [5.41, 5.74) is 0. The van der Waals surface area contributed by atoms with Gasteiger partial charge in [0.1, 0.15) is 0 Å². The molecule has 9 heavy (non-hydrogen) atoms. The van der Waals surface area contributed by atoms with Crippen molar-refractivity contribution in [2.75, 3.05) is 13.2 Å². The normalized spacial score (nSPS) is 7.33. The molecule has 2 nitrogen and oxygen atoms in total. The summed E-state index contributed by atoms with van der Waals surface area (Å²) >= 11 is 0. The molecule has 0 spiro atoms. The molecule has 0 saturated heterocycles. The van der Waals surface area contributed by atoms with Crippen LogP contribution in [0.4, 0.5) is 0 Å². The SMILES string of the molecule is CCCOCCC.Cl.N. The van der Waals surface area contributed by atoms with Crippen LogP contribution < -0.4 is 6.15 Å². The highest BCUT2D eigenvalue weighted by molar-refractivity contribution is 5.85. The molecule has 0 atom stereocenters. The van der Waals surface area contributed by atoms with E-state index in [1.807, 2.05) is 0 Å². The summed E-state index contributed by atoms with van der Waals surface area (Å²) in [5, 5.41) is 0. The van der Waals surface area contributed by atoms with Gasteiger partial charge in [-0.3, -0.25) is 0 Å². The van der Waals surface area contributed by atoms with Gasteiger partial charge < -0.3 is 10.9 Å². The highest BCUT2D eigenvalue weighted by Crippen LogP contribution is 1.81. The zero-order chi connectivity index (χ0) is 5.54. The van der Waals surface area contributed by atoms with E-state index in [4.69, 9.17) is 4.74 Å². The number of hydrogen-bond acceptors (Lipinski definition) is 2. The highest BCUT2D eigenvalue weighted by Gasteiger charge is 1.77. The Kier molecular flexibility index (Phi) is 28.1. The molecule has 0 rings (SSSR count). The summed E-state index contributed by atoms with van der Waals surface area (Å²) in [6, 6.07) is 0. The predicted octanol–water partition coefficient (Wildman–Crippen LogP) is 2.41.